The Morgan fingerprint density at radius 1 is 1.00 bits per heavy atom. The second-order valence-corrected chi connectivity index (χ2v) is 6.57. The van der Waals surface area contributed by atoms with Crippen molar-refractivity contribution in [1.29, 1.82) is 0 Å². The van der Waals surface area contributed by atoms with Crippen LogP contribution in [0.15, 0.2) is 67.1 Å². The Kier molecular flexibility index (Phi) is 4.70. The molecular formula is C21H22N6. The number of aromatic nitrogens is 4. The first-order chi connectivity index (χ1) is 13.2. The average molecular weight is 358 g/mol. The lowest BCUT2D eigenvalue weighted by molar-refractivity contribution is 0.901. The molecule has 27 heavy (non-hydrogen) atoms. The largest absolute Gasteiger partial charge is 0.378 e. The van der Waals surface area contributed by atoms with Crippen molar-refractivity contribution in [2.45, 2.75) is 6.42 Å². The molecule has 136 valence electrons. The zero-order valence-corrected chi connectivity index (χ0v) is 15.5. The Labute approximate surface area is 158 Å². The van der Waals surface area contributed by atoms with Crippen LogP contribution in [-0.2, 0) is 6.42 Å². The lowest BCUT2D eigenvalue weighted by Gasteiger charge is -2.13. The van der Waals surface area contributed by atoms with Crippen LogP contribution in [-0.4, -0.2) is 40.2 Å². The van der Waals surface area contributed by atoms with Crippen LogP contribution in [0, 0.1) is 0 Å². The molecule has 0 unspecified atom stereocenters. The number of nitrogens with zero attached hydrogens (tertiary/aromatic N) is 5. The van der Waals surface area contributed by atoms with Gasteiger partial charge in [0.05, 0.1) is 6.20 Å². The third-order valence-electron chi connectivity index (χ3n) is 4.49. The second-order valence-electron chi connectivity index (χ2n) is 6.57. The minimum absolute atomic E-state index is 0.779. The normalized spacial score (nSPS) is 10.9. The van der Waals surface area contributed by atoms with E-state index in [4.69, 9.17) is 0 Å². The molecule has 1 N–H and O–H groups in total. The number of fused-ring (bicyclic) bond motifs is 1. The summed E-state index contributed by atoms with van der Waals surface area (Å²) in [4.78, 5) is 11.0. The minimum Gasteiger partial charge on any atom is -0.378 e. The number of benzene rings is 1. The summed E-state index contributed by atoms with van der Waals surface area (Å²) in [7, 11) is 4.08. The Bertz CT molecular complexity index is 1040. The molecule has 3 aromatic heterocycles. The van der Waals surface area contributed by atoms with Crippen molar-refractivity contribution in [3.63, 3.8) is 0 Å². The van der Waals surface area contributed by atoms with Crippen LogP contribution in [0.5, 0.6) is 0 Å². The SMILES string of the molecule is CN(C)c1cccc(-c2cnn3c(NCCc4ccccn4)ccnc23)c1. The highest BCUT2D eigenvalue weighted by molar-refractivity contribution is 5.79. The molecule has 0 fully saturated rings. The summed E-state index contributed by atoms with van der Waals surface area (Å²) in [6.45, 7) is 0.779. The van der Waals surface area contributed by atoms with Gasteiger partial charge in [0.1, 0.15) is 5.82 Å². The zero-order chi connectivity index (χ0) is 18.6. The van der Waals surface area contributed by atoms with Gasteiger partial charge in [0, 0.05) is 56.4 Å². The molecule has 1 aromatic carbocycles. The lowest BCUT2D eigenvalue weighted by Crippen LogP contribution is -2.10. The fourth-order valence-electron chi connectivity index (χ4n) is 3.05. The molecule has 4 aromatic rings. The van der Waals surface area contributed by atoms with E-state index in [-0.39, 0.29) is 0 Å². The molecule has 0 saturated carbocycles. The van der Waals surface area contributed by atoms with E-state index in [0.29, 0.717) is 0 Å². The van der Waals surface area contributed by atoms with Gasteiger partial charge in [-0.2, -0.15) is 9.61 Å². The fraction of sp³-hybridized carbons (Fsp3) is 0.190. The van der Waals surface area contributed by atoms with Gasteiger partial charge in [-0.05, 0) is 35.9 Å². The Morgan fingerprint density at radius 2 is 1.93 bits per heavy atom. The highest BCUT2D eigenvalue weighted by Crippen LogP contribution is 2.27. The van der Waals surface area contributed by atoms with E-state index < -0.39 is 0 Å². The average Bonchev–Trinajstić information content (AvgIpc) is 3.14. The quantitative estimate of drug-likeness (QED) is 0.572. The van der Waals surface area contributed by atoms with Gasteiger partial charge in [-0.1, -0.05) is 18.2 Å². The van der Waals surface area contributed by atoms with E-state index in [2.05, 4.69) is 49.5 Å². The predicted molar refractivity (Wildman–Crippen MR) is 109 cm³/mol. The maximum Gasteiger partial charge on any atom is 0.165 e. The summed E-state index contributed by atoms with van der Waals surface area (Å²) in [6.07, 6.45) is 6.37. The van der Waals surface area contributed by atoms with E-state index in [0.717, 1.165) is 46.9 Å². The molecule has 6 nitrogen and oxygen atoms in total. The first-order valence-electron chi connectivity index (χ1n) is 8.96. The van der Waals surface area contributed by atoms with Gasteiger partial charge in [-0.3, -0.25) is 4.98 Å². The number of hydrogen-bond acceptors (Lipinski definition) is 5. The highest BCUT2D eigenvalue weighted by atomic mass is 15.3. The molecule has 0 aliphatic rings. The molecule has 0 bridgehead atoms. The number of nitrogens with one attached hydrogen (secondary N) is 1. The first kappa shape index (κ1) is 17.0. The molecule has 0 saturated heterocycles. The minimum atomic E-state index is 0.779. The van der Waals surface area contributed by atoms with Crippen molar-refractivity contribution in [2.24, 2.45) is 0 Å². The molecule has 6 heteroatoms. The maximum absolute atomic E-state index is 4.56. The van der Waals surface area contributed by atoms with E-state index in [1.165, 1.54) is 0 Å². The third-order valence-corrected chi connectivity index (χ3v) is 4.49. The highest BCUT2D eigenvalue weighted by Gasteiger charge is 2.11. The van der Waals surface area contributed by atoms with Gasteiger partial charge in [-0.15, -0.1) is 0 Å². The summed E-state index contributed by atoms with van der Waals surface area (Å²) in [5.41, 5.74) is 5.18. The van der Waals surface area contributed by atoms with E-state index in [9.17, 15) is 0 Å². The van der Waals surface area contributed by atoms with Gasteiger partial charge in [0.15, 0.2) is 5.65 Å². The lowest BCUT2D eigenvalue weighted by atomic mass is 10.1. The van der Waals surface area contributed by atoms with Crippen molar-refractivity contribution >= 4 is 17.2 Å². The first-order valence-corrected chi connectivity index (χ1v) is 8.96. The van der Waals surface area contributed by atoms with E-state index >= 15 is 0 Å². The number of hydrogen-bond donors (Lipinski definition) is 1. The van der Waals surface area contributed by atoms with Gasteiger partial charge in [-0.25, -0.2) is 4.98 Å². The molecule has 0 radical (unpaired) electrons. The number of anilines is 2. The Balaban J connectivity index is 1.59. The summed E-state index contributed by atoms with van der Waals surface area (Å²) in [5, 5.41) is 8.00. The van der Waals surface area contributed by atoms with Crippen molar-refractivity contribution in [2.75, 3.05) is 30.9 Å². The fourth-order valence-corrected chi connectivity index (χ4v) is 3.05. The van der Waals surface area contributed by atoms with Crippen LogP contribution in [0.3, 0.4) is 0 Å². The van der Waals surface area contributed by atoms with E-state index in [1.807, 2.05) is 61.5 Å². The molecule has 0 aliphatic heterocycles. The Hall–Kier alpha value is -3.41. The number of rotatable bonds is 6. The Morgan fingerprint density at radius 3 is 2.74 bits per heavy atom. The van der Waals surface area contributed by atoms with Crippen LogP contribution in [0.2, 0.25) is 0 Å². The predicted octanol–water partition coefficient (Wildman–Crippen LogP) is 3.51. The van der Waals surface area contributed by atoms with Gasteiger partial charge in [0.2, 0.25) is 0 Å². The van der Waals surface area contributed by atoms with Gasteiger partial charge in [0.25, 0.3) is 0 Å². The van der Waals surface area contributed by atoms with Crippen LogP contribution in [0.25, 0.3) is 16.8 Å². The standard InChI is InChI=1S/C21H22N6/c1-26(2)18-8-5-6-16(14-18)19-15-25-27-20(10-13-24-21(19)27)23-12-9-17-7-3-4-11-22-17/h3-8,10-11,13-15,23H,9,12H2,1-2H3. The molecule has 3 heterocycles. The van der Waals surface area contributed by atoms with Crippen LogP contribution >= 0.6 is 0 Å². The van der Waals surface area contributed by atoms with Crippen molar-refractivity contribution in [1.82, 2.24) is 19.6 Å². The van der Waals surface area contributed by atoms with Crippen LogP contribution < -0.4 is 10.2 Å². The zero-order valence-electron chi connectivity index (χ0n) is 15.5. The monoisotopic (exact) mass is 358 g/mol. The molecule has 0 spiro atoms. The molecule has 4 rings (SSSR count). The number of pyridine rings is 1. The van der Waals surface area contributed by atoms with Crippen LogP contribution in [0.1, 0.15) is 5.69 Å². The molecule has 0 amide bonds. The maximum atomic E-state index is 4.56. The molecule has 0 aliphatic carbocycles. The molecule has 0 atom stereocenters. The topological polar surface area (TPSA) is 58.4 Å². The summed E-state index contributed by atoms with van der Waals surface area (Å²) >= 11 is 0. The summed E-state index contributed by atoms with van der Waals surface area (Å²) in [6, 6.07) is 16.3. The third kappa shape index (κ3) is 3.60. The second kappa shape index (κ2) is 7.45. The van der Waals surface area contributed by atoms with Crippen LogP contribution in [0.4, 0.5) is 11.5 Å². The van der Waals surface area contributed by atoms with Gasteiger partial charge < -0.3 is 10.2 Å². The molecular weight excluding hydrogens is 336 g/mol. The van der Waals surface area contributed by atoms with Gasteiger partial charge >= 0.3 is 0 Å². The summed E-state index contributed by atoms with van der Waals surface area (Å²) in [5.74, 6) is 0.922. The van der Waals surface area contributed by atoms with Crippen molar-refractivity contribution < 1.29 is 0 Å². The van der Waals surface area contributed by atoms with E-state index in [1.54, 1.807) is 0 Å². The summed E-state index contributed by atoms with van der Waals surface area (Å²) < 4.78 is 1.86. The van der Waals surface area contributed by atoms with Crippen molar-refractivity contribution in [3.8, 4) is 11.1 Å². The smallest absolute Gasteiger partial charge is 0.165 e. The van der Waals surface area contributed by atoms with Crippen molar-refractivity contribution in [3.05, 3.63) is 72.8 Å².